The molecule has 2 amide bonds. The summed E-state index contributed by atoms with van der Waals surface area (Å²) in [5, 5.41) is 21.9. The van der Waals surface area contributed by atoms with E-state index in [-0.39, 0.29) is 17.6 Å². The van der Waals surface area contributed by atoms with Gasteiger partial charge in [0, 0.05) is 13.0 Å². The van der Waals surface area contributed by atoms with Crippen LogP contribution in [-0.2, 0) is 9.59 Å². The zero-order valence-corrected chi connectivity index (χ0v) is 18.2. The second kappa shape index (κ2) is 16.6. The number of carbonyl (C=O) groups excluding carboxylic acids is 2. The van der Waals surface area contributed by atoms with Gasteiger partial charge in [0.15, 0.2) is 0 Å². The van der Waals surface area contributed by atoms with Gasteiger partial charge in [-0.2, -0.15) is 0 Å². The highest BCUT2D eigenvalue weighted by Gasteiger charge is 2.22. The van der Waals surface area contributed by atoms with Crippen molar-refractivity contribution in [1.29, 1.82) is 0 Å². The second-order valence-corrected chi connectivity index (χ2v) is 7.34. The van der Waals surface area contributed by atoms with Crippen molar-refractivity contribution in [1.82, 2.24) is 21.3 Å². The largest absolute Gasteiger partial charge is 0.508 e. The predicted molar refractivity (Wildman–Crippen MR) is 120 cm³/mol. The molecule has 0 aromatic heterocycles. The van der Waals surface area contributed by atoms with E-state index in [4.69, 9.17) is 5.73 Å². The summed E-state index contributed by atoms with van der Waals surface area (Å²) in [6.07, 6.45) is 5.14. The molecule has 1 atom stereocenters. The van der Waals surface area contributed by atoms with E-state index in [1.165, 1.54) is 12.1 Å². The molecule has 0 aliphatic heterocycles. The first-order chi connectivity index (χ1) is 14.6. The number of hydrogen-bond donors (Lipinski definition) is 6. The van der Waals surface area contributed by atoms with Crippen LogP contribution in [0.2, 0.25) is 0 Å². The monoisotopic (exact) mass is 421 g/mol. The third-order valence-corrected chi connectivity index (χ3v) is 4.62. The number of carbonyl (C=O) groups is 2. The Morgan fingerprint density at radius 2 is 1.53 bits per heavy atom. The molecule has 0 unspecified atom stereocenters. The van der Waals surface area contributed by atoms with Crippen molar-refractivity contribution in [2.75, 3.05) is 39.3 Å². The number of nitrogens with two attached hydrogens (primary N) is 1. The fourth-order valence-electron chi connectivity index (χ4n) is 2.93. The molecule has 8 heteroatoms. The van der Waals surface area contributed by atoms with E-state index < -0.39 is 6.04 Å². The van der Waals surface area contributed by atoms with Crippen molar-refractivity contribution < 1.29 is 14.7 Å². The molecule has 8 nitrogen and oxygen atoms in total. The van der Waals surface area contributed by atoms with E-state index in [0.717, 1.165) is 58.4 Å². The molecular formula is C22H39N5O3. The SMILES string of the molecule is CCCC(=O)N[C@@H](C(=O)NCCCNCCCCNCCCN)c1ccc(O)cc1. The summed E-state index contributed by atoms with van der Waals surface area (Å²) >= 11 is 0. The molecule has 0 saturated carbocycles. The first-order valence-electron chi connectivity index (χ1n) is 11.1. The zero-order valence-electron chi connectivity index (χ0n) is 18.2. The summed E-state index contributed by atoms with van der Waals surface area (Å²) in [7, 11) is 0. The van der Waals surface area contributed by atoms with Crippen LogP contribution in [0.4, 0.5) is 0 Å². The summed E-state index contributed by atoms with van der Waals surface area (Å²) in [5.41, 5.74) is 6.09. The van der Waals surface area contributed by atoms with Crippen LogP contribution in [0.1, 0.15) is 57.1 Å². The number of nitrogens with one attached hydrogen (secondary N) is 4. The molecule has 170 valence electrons. The van der Waals surface area contributed by atoms with E-state index >= 15 is 0 Å². The lowest BCUT2D eigenvalue weighted by molar-refractivity contribution is -0.129. The number of benzene rings is 1. The van der Waals surface area contributed by atoms with Crippen LogP contribution in [0.25, 0.3) is 0 Å². The topological polar surface area (TPSA) is 129 Å². The van der Waals surface area contributed by atoms with Gasteiger partial charge in [0.25, 0.3) is 0 Å². The summed E-state index contributed by atoms with van der Waals surface area (Å²) in [6.45, 7) is 6.95. The minimum absolute atomic E-state index is 0.121. The number of hydrogen-bond acceptors (Lipinski definition) is 6. The molecule has 0 bridgehead atoms. The van der Waals surface area contributed by atoms with E-state index in [1.54, 1.807) is 12.1 Å². The lowest BCUT2D eigenvalue weighted by Crippen LogP contribution is -2.41. The van der Waals surface area contributed by atoms with Crippen molar-refractivity contribution in [2.45, 2.75) is 51.5 Å². The van der Waals surface area contributed by atoms with Gasteiger partial charge in [-0.3, -0.25) is 9.59 Å². The van der Waals surface area contributed by atoms with Crippen molar-refractivity contribution in [3.05, 3.63) is 29.8 Å². The summed E-state index contributed by atoms with van der Waals surface area (Å²) < 4.78 is 0. The van der Waals surface area contributed by atoms with E-state index in [9.17, 15) is 14.7 Å². The first-order valence-corrected chi connectivity index (χ1v) is 11.1. The maximum absolute atomic E-state index is 12.6. The Bertz CT molecular complexity index is 595. The average molecular weight is 422 g/mol. The van der Waals surface area contributed by atoms with Crippen molar-refractivity contribution >= 4 is 11.8 Å². The van der Waals surface area contributed by atoms with Crippen molar-refractivity contribution in [3.8, 4) is 5.75 Å². The standard InChI is InChI=1S/C22H39N5O3/c1-2-7-20(29)27-21(18-8-10-19(28)11-9-18)22(30)26-17-6-16-25-14-4-3-13-24-15-5-12-23/h8-11,21,24-25,28H,2-7,12-17,23H2,1H3,(H,26,30)(H,27,29)/t21-/m1/s1. The Hall–Kier alpha value is -2.16. The van der Waals surface area contributed by atoms with Crippen LogP contribution >= 0.6 is 0 Å². The predicted octanol–water partition coefficient (Wildman–Crippen LogP) is 1.16. The lowest BCUT2D eigenvalue weighted by atomic mass is 10.1. The maximum atomic E-state index is 12.6. The van der Waals surface area contributed by atoms with Crippen LogP contribution in [0.15, 0.2) is 24.3 Å². The number of amides is 2. The van der Waals surface area contributed by atoms with Gasteiger partial charge in [-0.1, -0.05) is 19.1 Å². The quantitative estimate of drug-likeness (QED) is 0.210. The first kappa shape index (κ1) is 25.9. The third-order valence-electron chi connectivity index (χ3n) is 4.62. The van der Waals surface area contributed by atoms with Crippen molar-refractivity contribution in [3.63, 3.8) is 0 Å². The molecule has 7 N–H and O–H groups in total. The van der Waals surface area contributed by atoms with Crippen molar-refractivity contribution in [2.24, 2.45) is 5.73 Å². The summed E-state index contributed by atoms with van der Waals surface area (Å²) in [5.74, 6) is -0.284. The molecule has 30 heavy (non-hydrogen) atoms. The van der Waals surface area contributed by atoms with Gasteiger partial charge < -0.3 is 32.1 Å². The molecule has 0 aliphatic rings. The lowest BCUT2D eigenvalue weighted by Gasteiger charge is -2.19. The molecule has 0 radical (unpaired) electrons. The molecule has 1 aromatic rings. The fourth-order valence-corrected chi connectivity index (χ4v) is 2.93. The minimum Gasteiger partial charge on any atom is -0.508 e. The van der Waals surface area contributed by atoms with Gasteiger partial charge in [-0.15, -0.1) is 0 Å². The summed E-state index contributed by atoms with van der Waals surface area (Å²) in [6, 6.07) is 5.57. The third kappa shape index (κ3) is 11.7. The van der Waals surface area contributed by atoms with Gasteiger partial charge in [0.2, 0.25) is 11.8 Å². The van der Waals surface area contributed by atoms with Gasteiger partial charge >= 0.3 is 0 Å². The van der Waals surface area contributed by atoms with Crippen LogP contribution in [-0.4, -0.2) is 56.2 Å². The summed E-state index contributed by atoms with van der Waals surface area (Å²) in [4.78, 5) is 24.6. The molecular weight excluding hydrogens is 382 g/mol. The van der Waals surface area contributed by atoms with E-state index in [1.807, 2.05) is 6.92 Å². The van der Waals surface area contributed by atoms with Crippen LogP contribution < -0.4 is 27.0 Å². The van der Waals surface area contributed by atoms with Gasteiger partial charge in [-0.05, 0) is 82.5 Å². The molecule has 0 fully saturated rings. The van der Waals surface area contributed by atoms with E-state index in [2.05, 4.69) is 21.3 Å². The fraction of sp³-hybridized carbons (Fsp3) is 0.636. The second-order valence-electron chi connectivity index (χ2n) is 7.34. The molecule has 0 aliphatic carbocycles. The highest BCUT2D eigenvalue weighted by atomic mass is 16.3. The Morgan fingerprint density at radius 1 is 0.933 bits per heavy atom. The Kier molecular flexibility index (Phi) is 14.3. The number of unbranched alkanes of at least 4 members (excludes halogenated alkanes) is 1. The van der Waals surface area contributed by atoms with Gasteiger partial charge in [0.05, 0.1) is 0 Å². The molecule has 0 saturated heterocycles. The van der Waals surface area contributed by atoms with Gasteiger partial charge in [-0.25, -0.2) is 0 Å². The van der Waals surface area contributed by atoms with Crippen LogP contribution in [0.3, 0.4) is 0 Å². The minimum atomic E-state index is -0.760. The maximum Gasteiger partial charge on any atom is 0.247 e. The highest BCUT2D eigenvalue weighted by Crippen LogP contribution is 2.17. The van der Waals surface area contributed by atoms with Crippen LogP contribution in [0.5, 0.6) is 5.75 Å². The highest BCUT2D eigenvalue weighted by molar-refractivity contribution is 5.88. The molecule has 0 spiro atoms. The Balaban J connectivity index is 2.26. The normalized spacial score (nSPS) is 11.8. The number of aromatic hydroxyl groups is 1. The van der Waals surface area contributed by atoms with Crippen LogP contribution in [0, 0.1) is 0 Å². The Labute approximate surface area is 180 Å². The average Bonchev–Trinajstić information content (AvgIpc) is 2.73. The van der Waals surface area contributed by atoms with Gasteiger partial charge in [0.1, 0.15) is 11.8 Å². The smallest absolute Gasteiger partial charge is 0.247 e. The molecule has 0 heterocycles. The number of phenolic OH excluding ortho intramolecular Hbond substituents is 1. The number of phenols is 1. The molecule has 1 rings (SSSR count). The zero-order chi connectivity index (χ0) is 22.0. The van der Waals surface area contributed by atoms with E-state index in [0.29, 0.717) is 24.9 Å². The number of rotatable bonds is 17. The Morgan fingerprint density at radius 3 is 2.13 bits per heavy atom. The molecule has 1 aromatic carbocycles.